The van der Waals surface area contributed by atoms with Crippen molar-refractivity contribution < 1.29 is 18.6 Å². The summed E-state index contributed by atoms with van der Waals surface area (Å²) in [6.07, 6.45) is 1.50. The quantitative estimate of drug-likeness (QED) is 0.641. The van der Waals surface area contributed by atoms with Gasteiger partial charge in [-0.15, -0.1) is 11.3 Å². The van der Waals surface area contributed by atoms with Crippen LogP contribution in [0.1, 0.15) is 75.9 Å². The van der Waals surface area contributed by atoms with Crippen LogP contribution in [0.15, 0.2) is 38.7 Å². The van der Waals surface area contributed by atoms with Gasteiger partial charge in [-0.2, -0.15) is 0 Å². The second kappa shape index (κ2) is 8.83. The summed E-state index contributed by atoms with van der Waals surface area (Å²) in [4.78, 5) is 27.8. The fraction of sp³-hybridized carbons (Fsp3) is 0.429. The van der Waals surface area contributed by atoms with E-state index >= 15 is 0 Å². The first-order valence-corrected chi connectivity index (χ1v) is 10.9. The summed E-state index contributed by atoms with van der Waals surface area (Å²) in [7, 11) is 0. The highest BCUT2D eigenvalue weighted by atomic mass is 32.1. The predicted octanol–water partition coefficient (Wildman–Crippen LogP) is 3.80. The Hall–Kier alpha value is -2.94. The summed E-state index contributed by atoms with van der Waals surface area (Å²) < 4.78 is 10.5. The van der Waals surface area contributed by atoms with Crippen LogP contribution in [0.4, 0.5) is 0 Å². The maximum Gasteiger partial charge on any atom is 0.292 e. The van der Waals surface area contributed by atoms with Crippen molar-refractivity contribution in [2.45, 2.75) is 45.1 Å². The van der Waals surface area contributed by atoms with Crippen LogP contribution in [0.2, 0.25) is 0 Å². The van der Waals surface area contributed by atoms with E-state index in [0.717, 1.165) is 29.1 Å². The van der Waals surface area contributed by atoms with Crippen LogP contribution in [0, 0.1) is 0 Å². The van der Waals surface area contributed by atoms with Gasteiger partial charge in [0.15, 0.2) is 0 Å². The van der Waals surface area contributed by atoms with Gasteiger partial charge in [0, 0.05) is 36.0 Å². The first kappa shape index (κ1) is 20.3. The molecule has 2 amide bonds. The molecule has 0 radical (unpaired) electrons. The molecule has 0 unspecified atom stereocenters. The molecule has 0 bridgehead atoms. The number of nitrogens with zero attached hydrogens (tertiary/aromatic N) is 3. The Bertz CT molecular complexity index is 1000. The maximum absolute atomic E-state index is 12.6. The first-order chi connectivity index (χ1) is 14.5. The van der Waals surface area contributed by atoms with E-state index in [0.29, 0.717) is 19.6 Å². The topological polar surface area (TPSA) is 101 Å². The second-order valence-electron chi connectivity index (χ2n) is 7.72. The van der Waals surface area contributed by atoms with Crippen LogP contribution in [-0.4, -0.2) is 40.1 Å². The normalized spacial score (nSPS) is 15.0. The molecule has 1 N–H and O–H groups in total. The summed E-state index contributed by atoms with van der Waals surface area (Å²) in [6, 6.07) is 7.34. The van der Waals surface area contributed by atoms with Crippen molar-refractivity contribution in [2.24, 2.45) is 0 Å². The molecule has 0 saturated carbocycles. The lowest BCUT2D eigenvalue weighted by Crippen LogP contribution is -2.37. The van der Waals surface area contributed by atoms with E-state index in [1.807, 2.05) is 31.4 Å². The molecule has 1 aliphatic rings. The molecule has 9 heteroatoms. The number of thiophene rings is 1. The predicted molar refractivity (Wildman–Crippen MR) is 110 cm³/mol. The summed E-state index contributed by atoms with van der Waals surface area (Å²) in [6.45, 7) is 5.66. The summed E-state index contributed by atoms with van der Waals surface area (Å²) >= 11 is 1.59. The minimum absolute atomic E-state index is 0.137. The van der Waals surface area contributed by atoms with Crippen molar-refractivity contribution in [1.82, 2.24) is 20.5 Å². The summed E-state index contributed by atoms with van der Waals surface area (Å²) in [5, 5.41) is 12.9. The number of aromatic nitrogens is 2. The number of likely N-dealkylation sites (tertiary alicyclic amines) is 1. The highest BCUT2D eigenvalue weighted by Gasteiger charge is 2.29. The van der Waals surface area contributed by atoms with E-state index in [2.05, 4.69) is 15.6 Å². The molecule has 3 aromatic heterocycles. The number of piperidine rings is 1. The molecule has 1 saturated heterocycles. The first-order valence-electron chi connectivity index (χ1n) is 10.0. The third-order valence-corrected chi connectivity index (χ3v) is 6.16. The molecule has 0 aliphatic carbocycles. The third kappa shape index (κ3) is 4.46. The molecular formula is C21H24N4O4S. The van der Waals surface area contributed by atoms with Crippen molar-refractivity contribution in [3.05, 3.63) is 57.4 Å². The van der Waals surface area contributed by atoms with Gasteiger partial charge in [-0.25, -0.2) is 0 Å². The second-order valence-corrected chi connectivity index (χ2v) is 8.75. The Labute approximate surface area is 178 Å². The zero-order valence-electron chi connectivity index (χ0n) is 17.0. The average Bonchev–Trinajstić information content (AvgIpc) is 3.53. The fourth-order valence-corrected chi connectivity index (χ4v) is 4.10. The molecule has 30 heavy (non-hydrogen) atoms. The number of hydrogen-bond acceptors (Lipinski definition) is 7. The Morgan fingerprint density at radius 3 is 2.63 bits per heavy atom. The van der Waals surface area contributed by atoms with Crippen LogP contribution in [0.3, 0.4) is 0 Å². The Balaban J connectivity index is 1.30. The van der Waals surface area contributed by atoms with E-state index in [-0.39, 0.29) is 35.2 Å². The number of carbonyl (C=O) groups excluding carboxylic acids is 2. The van der Waals surface area contributed by atoms with Crippen LogP contribution in [0.25, 0.3) is 0 Å². The van der Waals surface area contributed by atoms with Crippen molar-refractivity contribution in [2.75, 3.05) is 13.1 Å². The minimum Gasteiger partial charge on any atom is -0.351 e. The van der Waals surface area contributed by atoms with Gasteiger partial charge >= 0.3 is 0 Å². The van der Waals surface area contributed by atoms with E-state index in [1.54, 1.807) is 28.4 Å². The molecule has 0 atom stereocenters. The Morgan fingerprint density at radius 2 is 1.97 bits per heavy atom. The highest BCUT2D eigenvalue weighted by molar-refractivity contribution is 7.09. The number of amides is 2. The molecule has 158 valence electrons. The summed E-state index contributed by atoms with van der Waals surface area (Å²) in [5.74, 6) is 0.441. The lowest BCUT2D eigenvalue weighted by Gasteiger charge is -2.30. The lowest BCUT2D eigenvalue weighted by molar-refractivity contribution is 0.0669. The van der Waals surface area contributed by atoms with Crippen molar-refractivity contribution in [3.63, 3.8) is 0 Å². The lowest BCUT2D eigenvalue weighted by atomic mass is 9.93. The molecule has 0 spiro atoms. The van der Waals surface area contributed by atoms with Crippen molar-refractivity contribution >= 4 is 23.2 Å². The molecule has 8 nitrogen and oxygen atoms in total. The Kier molecular flexibility index (Phi) is 5.98. The molecule has 3 aromatic rings. The van der Waals surface area contributed by atoms with Gasteiger partial charge in [-0.1, -0.05) is 30.2 Å². The molecule has 1 aliphatic heterocycles. The third-order valence-electron chi connectivity index (χ3n) is 5.29. The molecule has 4 heterocycles. The highest BCUT2D eigenvalue weighted by Crippen LogP contribution is 2.28. The number of hydrogen-bond donors (Lipinski definition) is 1. The van der Waals surface area contributed by atoms with Gasteiger partial charge in [0.1, 0.15) is 0 Å². The van der Waals surface area contributed by atoms with Crippen molar-refractivity contribution in [3.8, 4) is 0 Å². The standard InChI is InChI=1S/C21H24N4O4S/c1-13(2)16-10-19(29-23-16)21(27)25-7-5-14(6-8-25)17-11-18(28-24-17)20(26)22-12-15-4-3-9-30-15/h3-4,9-11,13-14H,5-8,12H2,1-2H3,(H,22,26). The Morgan fingerprint density at radius 1 is 1.20 bits per heavy atom. The number of carbonyl (C=O) groups is 2. The smallest absolute Gasteiger partial charge is 0.292 e. The zero-order chi connectivity index (χ0) is 21.1. The maximum atomic E-state index is 12.6. The van der Waals surface area contributed by atoms with Gasteiger partial charge in [0.25, 0.3) is 11.8 Å². The van der Waals surface area contributed by atoms with Gasteiger partial charge < -0.3 is 19.3 Å². The van der Waals surface area contributed by atoms with Crippen LogP contribution >= 0.6 is 11.3 Å². The SMILES string of the molecule is CC(C)c1cc(C(=O)N2CCC(c3cc(C(=O)NCc4cccs4)on3)CC2)on1. The molecule has 4 rings (SSSR count). The fourth-order valence-electron chi connectivity index (χ4n) is 3.45. The monoisotopic (exact) mass is 428 g/mol. The molecule has 0 aromatic carbocycles. The largest absolute Gasteiger partial charge is 0.351 e. The van der Waals surface area contributed by atoms with Crippen LogP contribution in [-0.2, 0) is 6.54 Å². The van der Waals surface area contributed by atoms with Crippen molar-refractivity contribution in [1.29, 1.82) is 0 Å². The minimum atomic E-state index is -0.277. The van der Waals surface area contributed by atoms with Gasteiger partial charge in [0.2, 0.25) is 11.5 Å². The van der Waals surface area contributed by atoms with Gasteiger partial charge in [-0.3, -0.25) is 9.59 Å². The van der Waals surface area contributed by atoms with Gasteiger partial charge in [-0.05, 0) is 30.2 Å². The van der Waals surface area contributed by atoms with Crippen LogP contribution in [0.5, 0.6) is 0 Å². The number of rotatable bonds is 6. The van der Waals surface area contributed by atoms with E-state index in [9.17, 15) is 9.59 Å². The average molecular weight is 429 g/mol. The van der Waals surface area contributed by atoms with Crippen LogP contribution < -0.4 is 5.32 Å². The van der Waals surface area contributed by atoms with Gasteiger partial charge in [0.05, 0.1) is 17.9 Å². The van der Waals surface area contributed by atoms with E-state index in [1.165, 1.54) is 0 Å². The molecular weight excluding hydrogens is 404 g/mol. The van der Waals surface area contributed by atoms with E-state index < -0.39 is 0 Å². The summed E-state index contributed by atoms with van der Waals surface area (Å²) in [5.41, 5.74) is 1.53. The van der Waals surface area contributed by atoms with E-state index in [4.69, 9.17) is 9.05 Å². The zero-order valence-corrected chi connectivity index (χ0v) is 17.8. The molecule has 1 fully saturated rings. The number of nitrogens with one attached hydrogen (secondary N) is 1.